The Balaban J connectivity index is 2.61. The zero-order valence-electron chi connectivity index (χ0n) is 11.6. The Bertz CT molecular complexity index is 346. The smallest absolute Gasteiger partial charge is 0.253 e. The molecule has 0 radical (unpaired) electrons. The van der Waals surface area contributed by atoms with Gasteiger partial charge in [0.15, 0.2) is 0 Å². The Hall–Kier alpha value is -0.960. The van der Waals surface area contributed by atoms with Crippen LogP contribution in [0.25, 0.3) is 0 Å². The average Bonchev–Trinajstić information content (AvgIpc) is 2.28. The molecule has 2 unspecified atom stereocenters. The lowest BCUT2D eigenvalue weighted by molar-refractivity contribution is 0.101. The summed E-state index contributed by atoms with van der Waals surface area (Å²) in [5.74, 6) is 0.630. The number of hydrogen-bond donors (Lipinski definition) is 1. The van der Waals surface area contributed by atoms with E-state index in [4.69, 9.17) is 0 Å². The SMILES string of the molecule is CC(C)Cc1ccc(C(C)NC(C)C(F)F)cc1. The van der Waals surface area contributed by atoms with Crippen LogP contribution in [0.5, 0.6) is 0 Å². The highest BCUT2D eigenvalue weighted by Gasteiger charge is 2.17. The third kappa shape index (κ3) is 4.73. The molecule has 1 aromatic carbocycles. The van der Waals surface area contributed by atoms with Gasteiger partial charge in [-0.3, -0.25) is 0 Å². The lowest BCUT2D eigenvalue weighted by atomic mass is 10.00. The molecule has 1 nitrogen and oxygen atoms in total. The first-order valence-electron chi connectivity index (χ1n) is 6.53. The highest BCUT2D eigenvalue weighted by molar-refractivity contribution is 5.25. The first-order chi connectivity index (χ1) is 8.40. The standard InChI is InChI=1S/C15H23F2N/c1-10(2)9-13-5-7-14(8-6-13)11(3)18-12(4)15(16)17/h5-8,10-12,15,18H,9H2,1-4H3. The van der Waals surface area contributed by atoms with E-state index < -0.39 is 12.5 Å². The second kappa shape index (κ2) is 6.83. The van der Waals surface area contributed by atoms with Gasteiger partial charge in [0, 0.05) is 6.04 Å². The molecule has 2 atom stereocenters. The lowest BCUT2D eigenvalue weighted by Crippen LogP contribution is -2.34. The summed E-state index contributed by atoms with van der Waals surface area (Å²) in [5, 5.41) is 2.91. The monoisotopic (exact) mass is 255 g/mol. The molecule has 0 fully saturated rings. The molecule has 0 spiro atoms. The van der Waals surface area contributed by atoms with Crippen LogP contribution in [-0.4, -0.2) is 12.5 Å². The van der Waals surface area contributed by atoms with Gasteiger partial charge in [0.1, 0.15) is 0 Å². The summed E-state index contributed by atoms with van der Waals surface area (Å²) in [5.41, 5.74) is 2.35. The minimum absolute atomic E-state index is 0.0536. The van der Waals surface area contributed by atoms with Crippen molar-refractivity contribution < 1.29 is 8.78 Å². The Morgan fingerprint density at radius 1 is 1.00 bits per heavy atom. The summed E-state index contributed by atoms with van der Waals surface area (Å²) in [4.78, 5) is 0. The second-order valence-corrected chi connectivity index (χ2v) is 5.35. The number of benzene rings is 1. The maximum Gasteiger partial charge on any atom is 0.253 e. The number of halogens is 2. The van der Waals surface area contributed by atoms with E-state index in [0.717, 1.165) is 12.0 Å². The summed E-state index contributed by atoms with van der Waals surface area (Å²) in [6.45, 7) is 7.79. The van der Waals surface area contributed by atoms with Crippen molar-refractivity contribution in [1.82, 2.24) is 5.32 Å². The molecule has 0 heterocycles. The molecule has 1 N–H and O–H groups in total. The van der Waals surface area contributed by atoms with E-state index in [-0.39, 0.29) is 6.04 Å². The molecule has 0 aliphatic rings. The number of rotatable bonds is 6. The van der Waals surface area contributed by atoms with Crippen LogP contribution in [0.2, 0.25) is 0 Å². The van der Waals surface area contributed by atoms with Crippen molar-refractivity contribution in [3.63, 3.8) is 0 Å². The molecule has 0 aliphatic heterocycles. The van der Waals surface area contributed by atoms with Crippen molar-refractivity contribution in [2.45, 2.75) is 52.6 Å². The van der Waals surface area contributed by atoms with Crippen molar-refractivity contribution in [3.05, 3.63) is 35.4 Å². The molecule has 1 rings (SSSR count). The maximum atomic E-state index is 12.4. The van der Waals surface area contributed by atoms with Gasteiger partial charge in [0.2, 0.25) is 0 Å². The molecule has 1 aromatic rings. The van der Waals surface area contributed by atoms with Crippen LogP contribution in [0.4, 0.5) is 8.78 Å². The Labute approximate surface area is 109 Å². The fraction of sp³-hybridized carbons (Fsp3) is 0.600. The summed E-state index contributed by atoms with van der Waals surface area (Å²) in [7, 11) is 0. The first-order valence-corrected chi connectivity index (χ1v) is 6.53. The quantitative estimate of drug-likeness (QED) is 0.803. The number of nitrogens with one attached hydrogen (secondary N) is 1. The Morgan fingerprint density at radius 3 is 2.00 bits per heavy atom. The van der Waals surface area contributed by atoms with E-state index in [0.29, 0.717) is 5.92 Å². The van der Waals surface area contributed by atoms with Crippen molar-refractivity contribution in [2.75, 3.05) is 0 Å². The van der Waals surface area contributed by atoms with Crippen molar-refractivity contribution >= 4 is 0 Å². The third-order valence-electron chi connectivity index (χ3n) is 3.01. The van der Waals surface area contributed by atoms with Crippen molar-refractivity contribution in [1.29, 1.82) is 0 Å². The molecular weight excluding hydrogens is 232 g/mol. The van der Waals surface area contributed by atoms with Gasteiger partial charge in [-0.05, 0) is 37.3 Å². The molecule has 102 valence electrons. The van der Waals surface area contributed by atoms with Gasteiger partial charge in [0.05, 0.1) is 6.04 Å². The van der Waals surface area contributed by atoms with E-state index >= 15 is 0 Å². The molecule has 0 saturated heterocycles. The highest BCUT2D eigenvalue weighted by atomic mass is 19.3. The number of alkyl halides is 2. The topological polar surface area (TPSA) is 12.0 Å². The van der Waals surface area contributed by atoms with Gasteiger partial charge in [-0.2, -0.15) is 0 Å². The van der Waals surface area contributed by atoms with E-state index in [1.165, 1.54) is 12.5 Å². The van der Waals surface area contributed by atoms with Crippen LogP contribution in [0.1, 0.15) is 44.9 Å². The lowest BCUT2D eigenvalue weighted by Gasteiger charge is -2.20. The van der Waals surface area contributed by atoms with Gasteiger partial charge < -0.3 is 5.32 Å². The largest absolute Gasteiger partial charge is 0.302 e. The van der Waals surface area contributed by atoms with E-state index in [1.54, 1.807) is 0 Å². The van der Waals surface area contributed by atoms with Crippen LogP contribution in [0, 0.1) is 5.92 Å². The third-order valence-corrected chi connectivity index (χ3v) is 3.01. The highest BCUT2D eigenvalue weighted by Crippen LogP contribution is 2.17. The van der Waals surface area contributed by atoms with Crippen molar-refractivity contribution in [2.24, 2.45) is 5.92 Å². The van der Waals surface area contributed by atoms with Gasteiger partial charge in [-0.25, -0.2) is 8.78 Å². The summed E-state index contributed by atoms with van der Waals surface area (Å²) < 4.78 is 24.9. The molecular formula is C15H23F2N. The molecule has 3 heteroatoms. The second-order valence-electron chi connectivity index (χ2n) is 5.35. The fourth-order valence-electron chi connectivity index (χ4n) is 1.98. The van der Waals surface area contributed by atoms with E-state index in [1.807, 2.05) is 19.1 Å². The average molecular weight is 255 g/mol. The van der Waals surface area contributed by atoms with Crippen LogP contribution < -0.4 is 5.32 Å². The zero-order chi connectivity index (χ0) is 13.7. The molecule has 0 amide bonds. The predicted octanol–water partition coefficient (Wildman–Crippen LogP) is 4.19. The molecule has 0 aromatic heterocycles. The van der Waals surface area contributed by atoms with Gasteiger partial charge in [-0.15, -0.1) is 0 Å². The maximum absolute atomic E-state index is 12.4. The summed E-state index contributed by atoms with van der Waals surface area (Å²) in [6.07, 6.45) is -1.28. The molecule has 0 bridgehead atoms. The van der Waals surface area contributed by atoms with Crippen molar-refractivity contribution in [3.8, 4) is 0 Å². The summed E-state index contributed by atoms with van der Waals surface area (Å²) in [6, 6.07) is 7.37. The van der Waals surface area contributed by atoms with Gasteiger partial charge in [0.25, 0.3) is 6.43 Å². The minimum Gasteiger partial charge on any atom is -0.302 e. The molecule has 0 aliphatic carbocycles. The first kappa shape index (κ1) is 15.1. The van der Waals surface area contributed by atoms with Crippen LogP contribution in [0.15, 0.2) is 24.3 Å². The predicted molar refractivity (Wildman–Crippen MR) is 72.0 cm³/mol. The summed E-state index contributed by atoms with van der Waals surface area (Å²) >= 11 is 0. The fourth-order valence-corrected chi connectivity index (χ4v) is 1.98. The normalized spacial score (nSPS) is 15.1. The van der Waals surface area contributed by atoms with Crippen LogP contribution >= 0.6 is 0 Å². The van der Waals surface area contributed by atoms with Gasteiger partial charge in [-0.1, -0.05) is 38.1 Å². The van der Waals surface area contributed by atoms with Crippen LogP contribution in [0.3, 0.4) is 0 Å². The minimum atomic E-state index is -2.33. The Morgan fingerprint density at radius 2 is 1.56 bits per heavy atom. The zero-order valence-corrected chi connectivity index (χ0v) is 11.6. The van der Waals surface area contributed by atoms with Crippen LogP contribution in [-0.2, 0) is 6.42 Å². The number of hydrogen-bond acceptors (Lipinski definition) is 1. The van der Waals surface area contributed by atoms with Gasteiger partial charge >= 0.3 is 0 Å². The Kier molecular flexibility index (Phi) is 5.73. The van der Waals surface area contributed by atoms with E-state index in [2.05, 4.69) is 31.3 Å². The molecule has 0 saturated carbocycles. The molecule has 18 heavy (non-hydrogen) atoms. The van der Waals surface area contributed by atoms with E-state index in [9.17, 15) is 8.78 Å².